The fourth-order valence-corrected chi connectivity index (χ4v) is 4.96. The lowest BCUT2D eigenvalue weighted by Crippen LogP contribution is -2.48. The van der Waals surface area contributed by atoms with Crippen LogP contribution in [0.3, 0.4) is 0 Å². The van der Waals surface area contributed by atoms with Gasteiger partial charge in [0.25, 0.3) is 5.56 Å². The largest absolute Gasteiger partial charge is 0.368 e. The van der Waals surface area contributed by atoms with Crippen molar-refractivity contribution in [1.29, 1.82) is 0 Å². The van der Waals surface area contributed by atoms with E-state index in [2.05, 4.69) is 25.2 Å². The average molecular weight is 520 g/mol. The number of aromatic nitrogens is 4. The number of halogens is 1. The first-order valence-corrected chi connectivity index (χ1v) is 12.3. The molecule has 1 aliphatic rings. The molecule has 190 valence electrons. The van der Waals surface area contributed by atoms with Gasteiger partial charge in [0.2, 0.25) is 11.9 Å². The predicted molar refractivity (Wildman–Crippen MR) is 144 cm³/mol. The van der Waals surface area contributed by atoms with E-state index < -0.39 is 11.2 Å². The quantitative estimate of drug-likeness (QED) is 0.425. The van der Waals surface area contributed by atoms with Crippen LogP contribution < -0.4 is 21.5 Å². The summed E-state index contributed by atoms with van der Waals surface area (Å²) >= 11 is 6.29. The summed E-state index contributed by atoms with van der Waals surface area (Å²) in [6.07, 6.45) is 1.39. The van der Waals surface area contributed by atoms with Crippen LogP contribution in [0.2, 0.25) is 5.02 Å². The summed E-state index contributed by atoms with van der Waals surface area (Å²) in [7, 11) is 0. The van der Waals surface area contributed by atoms with Crippen molar-refractivity contribution in [3.05, 3.63) is 79.6 Å². The van der Waals surface area contributed by atoms with Crippen molar-refractivity contribution in [2.24, 2.45) is 0 Å². The third-order valence-electron chi connectivity index (χ3n) is 6.58. The Morgan fingerprint density at radius 1 is 1.05 bits per heavy atom. The number of carbonyl (C=O) groups is 1. The SMILES string of the molecule is CC(=O)N1CCN(c2ccc(Nc3ncc4c(=O)n(-c5c(C)cccc5Cl)c(=O)[nH]c4n3)cc2C)CC1. The Morgan fingerprint density at radius 2 is 1.81 bits per heavy atom. The third-order valence-corrected chi connectivity index (χ3v) is 6.89. The molecule has 3 heterocycles. The number of piperazine rings is 1. The molecule has 37 heavy (non-hydrogen) atoms. The van der Waals surface area contributed by atoms with Gasteiger partial charge >= 0.3 is 5.69 Å². The van der Waals surface area contributed by atoms with E-state index in [1.807, 2.05) is 30.0 Å². The van der Waals surface area contributed by atoms with Gasteiger partial charge in [0.15, 0.2) is 5.65 Å². The summed E-state index contributed by atoms with van der Waals surface area (Å²) in [5.41, 5.74) is 2.91. The van der Waals surface area contributed by atoms with Gasteiger partial charge in [-0.1, -0.05) is 23.7 Å². The fraction of sp³-hybridized carbons (Fsp3) is 0.269. The number of H-pyrrole nitrogens is 1. The molecule has 1 saturated heterocycles. The van der Waals surface area contributed by atoms with E-state index >= 15 is 0 Å². The molecule has 2 N–H and O–H groups in total. The smallest absolute Gasteiger partial charge is 0.334 e. The van der Waals surface area contributed by atoms with Crippen LogP contribution in [0, 0.1) is 13.8 Å². The van der Waals surface area contributed by atoms with Crippen LogP contribution in [-0.2, 0) is 4.79 Å². The maximum Gasteiger partial charge on any atom is 0.334 e. The zero-order valence-electron chi connectivity index (χ0n) is 20.7. The number of fused-ring (bicyclic) bond motifs is 1. The summed E-state index contributed by atoms with van der Waals surface area (Å²) in [6, 6.07) is 11.1. The number of para-hydroxylation sites is 1. The van der Waals surface area contributed by atoms with Gasteiger partial charge in [-0.25, -0.2) is 14.3 Å². The van der Waals surface area contributed by atoms with Crippen LogP contribution in [0.5, 0.6) is 0 Å². The number of carbonyl (C=O) groups excluding carboxylic acids is 1. The number of benzene rings is 2. The molecule has 0 unspecified atom stereocenters. The van der Waals surface area contributed by atoms with Crippen molar-refractivity contribution >= 4 is 45.9 Å². The van der Waals surface area contributed by atoms with Crippen molar-refractivity contribution in [2.75, 3.05) is 36.4 Å². The van der Waals surface area contributed by atoms with E-state index in [-0.39, 0.29) is 22.9 Å². The fourth-order valence-electron chi connectivity index (χ4n) is 4.65. The Bertz CT molecular complexity index is 1620. The molecule has 0 atom stereocenters. The molecule has 0 aliphatic carbocycles. The Hall–Kier alpha value is -4.18. The van der Waals surface area contributed by atoms with Gasteiger partial charge in [-0.15, -0.1) is 0 Å². The molecular formula is C26H26ClN7O3. The van der Waals surface area contributed by atoms with Crippen molar-refractivity contribution in [3.8, 4) is 5.69 Å². The number of amides is 1. The summed E-state index contributed by atoms with van der Waals surface area (Å²) < 4.78 is 1.01. The van der Waals surface area contributed by atoms with Gasteiger partial charge in [0, 0.05) is 50.7 Å². The lowest BCUT2D eigenvalue weighted by atomic mass is 10.1. The van der Waals surface area contributed by atoms with E-state index in [1.54, 1.807) is 32.0 Å². The number of nitrogens with zero attached hydrogens (tertiary/aromatic N) is 5. The molecule has 1 amide bonds. The summed E-state index contributed by atoms with van der Waals surface area (Å²) in [6.45, 7) is 8.36. The Labute approximate surface area is 217 Å². The molecule has 4 aromatic rings. The number of hydrogen-bond acceptors (Lipinski definition) is 7. The van der Waals surface area contributed by atoms with Gasteiger partial charge < -0.3 is 15.1 Å². The standard InChI is InChI=1S/C26H26ClN7O3/c1-15-5-4-6-20(27)22(15)34-24(36)19-14-28-25(30-23(19)31-26(34)37)29-18-7-8-21(16(2)13-18)33-11-9-32(10-12-33)17(3)35/h4-8,13-14H,9-12H2,1-3H3,(H2,28,29,30,31,37). The number of anilines is 3. The topological polar surface area (TPSA) is 116 Å². The van der Waals surface area contributed by atoms with Gasteiger partial charge in [0.05, 0.1) is 10.7 Å². The predicted octanol–water partition coefficient (Wildman–Crippen LogP) is 3.15. The number of nitrogens with one attached hydrogen (secondary N) is 2. The van der Waals surface area contributed by atoms with Crippen LogP contribution in [0.1, 0.15) is 18.1 Å². The van der Waals surface area contributed by atoms with Gasteiger partial charge in [-0.05, 0) is 49.2 Å². The second-order valence-corrected chi connectivity index (χ2v) is 9.46. The normalized spacial score (nSPS) is 13.7. The average Bonchev–Trinajstić information content (AvgIpc) is 2.86. The highest BCUT2D eigenvalue weighted by atomic mass is 35.5. The van der Waals surface area contributed by atoms with Crippen LogP contribution in [0.4, 0.5) is 17.3 Å². The minimum absolute atomic E-state index is 0.102. The Kier molecular flexibility index (Phi) is 6.43. The molecule has 0 bridgehead atoms. The number of hydrogen-bond donors (Lipinski definition) is 2. The number of rotatable bonds is 4. The minimum atomic E-state index is -0.636. The monoisotopic (exact) mass is 519 g/mol. The van der Waals surface area contributed by atoms with Crippen molar-refractivity contribution in [2.45, 2.75) is 20.8 Å². The highest BCUT2D eigenvalue weighted by Crippen LogP contribution is 2.26. The molecule has 2 aromatic heterocycles. The number of aryl methyl sites for hydroxylation is 2. The Balaban J connectivity index is 1.41. The first-order chi connectivity index (χ1) is 17.7. The van der Waals surface area contributed by atoms with Crippen molar-refractivity contribution < 1.29 is 4.79 Å². The lowest BCUT2D eigenvalue weighted by molar-refractivity contribution is -0.129. The van der Waals surface area contributed by atoms with E-state index in [1.165, 1.54) is 6.20 Å². The molecule has 2 aromatic carbocycles. The molecule has 1 fully saturated rings. The summed E-state index contributed by atoms with van der Waals surface area (Å²) in [4.78, 5) is 53.1. The molecule has 1 aliphatic heterocycles. The van der Waals surface area contributed by atoms with E-state index in [0.717, 1.165) is 34.6 Å². The van der Waals surface area contributed by atoms with Gasteiger partial charge in [-0.3, -0.25) is 14.6 Å². The van der Waals surface area contributed by atoms with Gasteiger partial charge in [0.1, 0.15) is 5.39 Å². The van der Waals surface area contributed by atoms with E-state index in [9.17, 15) is 14.4 Å². The first-order valence-electron chi connectivity index (χ1n) is 11.9. The minimum Gasteiger partial charge on any atom is -0.368 e. The van der Waals surface area contributed by atoms with Gasteiger partial charge in [-0.2, -0.15) is 4.98 Å². The first kappa shape index (κ1) is 24.5. The highest BCUT2D eigenvalue weighted by Gasteiger charge is 2.20. The van der Waals surface area contributed by atoms with Crippen molar-refractivity contribution in [1.82, 2.24) is 24.4 Å². The summed E-state index contributed by atoms with van der Waals surface area (Å²) in [5, 5.41) is 3.61. The van der Waals surface area contributed by atoms with Crippen LogP contribution in [-0.4, -0.2) is 56.5 Å². The highest BCUT2D eigenvalue weighted by molar-refractivity contribution is 6.32. The molecular weight excluding hydrogens is 494 g/mol. The van der Waals surface area contributed by atoms with E-state index in [4.69, 9.17) is 11.6 Å². The molecule has 0 radical (unpaired) electrons. The maximum absolute atomic E-state index is 13.2. The Morgan fingerprint density at radius 3 is 2.49 bits per heavy atom. The third kappa shape index (κ3) is 4.67. The molecule has 0 spiro atoms. The molecule has 11 heteroatoms. The van der Waals surface area contributed by atoms with Crippen molar-refractivity contribution in [3.63, 3.8) is 0 Å². The molecule has 5 rings (SSSR count). The summed E-state index contributed by atoms with van der Waals surface area (Å²) in [5.74, 6) is 0.349. The second-order valence-electron chi connectivity index (χ2n) is 9.05. The van der Waals surface area contributed by atoms with Crippen LogP contribution in [0.15, 0.2) is 52.2 Å². The molecule has 10 nitrogen and oxygen atoms in total. The van der Waals surface area contributed by atoms with E-state index in [0.29, 0.717) is 29.4 Å². The van der Waals surface area contributed by atoms with Crippen LogP contribution in [0.25, 0.3) is 16.7 Å². The molecule has 0 saturated carbocycles. The zero-order chi connectivity index (χ0) is 26.3. The lowest BCUT2D eigenvalue weighted by Gasteiger charge is -2.36. The second kappa shape index (κ2) is 9.70. The van der Waals surface area contributed by atoms with Crippen LogP contribution >= 0.6 is 11.6 Å². The maximum atomic E-state index is 13.2. The zero-order valence-corrected chi connectivity index (χ0v) is 21.5. The number of aromatic amines is 1.